The van der Waals surface area contributed by atoms with Gasteiger partial charge in [0.05, 0.1) is 16.2 Å². The van der Waals surface area contributed by atoms with Gasteiger partial charge in [-0.05, 0) is 31.4 Å². The zero-order valence-electron chi connectivity index (χ0n) is 12.9. The summed E-state index contributed by atoms with van der Waals surface area (Å²) in [7, 11) is 1.54. The van der Waals surface area contributed by atoms with Gasteiger partial charge in [-0.2, -0.15) is 0 Å². The number of nitrogens with one attached hydrogen (secondary N) is 1. The van der Waals surface area contributed by atoms with Gasteiger partial charge in [-0.15, -0.1) is 0 Å². The number of hydrogen-bond donors (Lipinski definition) is 2. The molecule has 7 heteroatoms. The number of halogens is 2. The number of carbonyl (C=O) groups excluding carboxylic acids is 2. The second-order valence-electron chi connectivity index (χ2n) is 5.83. The van der Waals surface area contributed by atoms with Gasteiger partial charge in [-0.1, -0.05) is 17.7 Å². The minimum absolute atomic E-state index is 0.0854. The molecule has 2 rings (SSSR count). The molecule has 1 heterocycles. The summed E-state index contributed by atoms with van der Waals surface area (Å²) in [5, 5.41) is 12.9. The summed E-state index contributed by atoms with van der Waals surface area (Å²) >= 11 is 5.86. The summed E-state index contributed by atoms with van der Waals surface area (Å²) in [4.78, 5) is 25.4. The molecular weight excluding hydrogens is 323 g/mol. The molecule has 0 bridgehead atoms. The van der Waals surface area contributed by atoms with Gasteiger partial charge in [-0.25, -0.2) is 4.39 Å². The summed E-state index contributed by atoms with van der Waals surface area (Å²) in [6.45, 7) is 0.573. The molecule has 1 aliphatic rings. The highest BCUT2D eigenvalue weighted by Crippen LogP contribution is 2.28. The molecule has 1 aromatic carbocycles. The van der Waals surface area contributed by atoms with E-state index >= 15 is 0 Å². The average molecular weight is 343 g/mol. The van der Waals surface area contributed by atoms with Crippen LogP contribution in [0.2, 0.25) is 5.02 Å². The Kier molecular flexibility index (Phi) is 5.59. The van der Waals surface area contributed by atoms with Gasteiger partial charge in [0, 0.05) is 26.6 Å². The first kappa shape index (κ1) is 17.7. The third-order valence-corrected chi connectivity index (χ3v) is 4.50. The number of amides is 2. The van der Waals surface area contributed by atoms with Crippen LogP contribution >= 0.6 is 11.6 Å². The first-order valence-electron chi connectivity index (χ1n) is 7.52. The third kappa shape index (κ3) is 4.20. The van der Waals surface area contributed by atoms with E-state index in [1.165, 1.54) is 30.1 Å². The number of benzene rings is 1. The molecule has 23 heavy (non-hydrogen) atoms. The molecule has 2 amide bonds. The molecular formula is C16H20ClFN2O3. The number of rotatable bonds is 4. The van der Waals surface area contributed by atoms with Crippen LogP contribution in [-0.2, 0) is 4.79 Å². The topological polar surface area (TPSA) is 69.6 Å². The Morgan fingerprint density at radius 2 is 2.22 bits per heavy atom. The summed E-state index contributed by atoms with van der Waals surface area (Å²) < 4.78 is 13.5. The second kappa shape index (κ2) is 7.27. The first-order chi connectivity index (χ1) is 10.9. The lowest BCUT2D eigenvalue weighted by Gasteiger charge is -2.39. The molecule has 0 radical (unpaired) electrons. The Morgan fingerprint density at radius 1 is 1.48 bits per heavy atom. The number of aliphatic hydroxyl groups is 1. The van der Waals surface area contributed by atoms with Gasteiger partial charge in [0.15, 0.2) is 0 Å². The molecule has 0 spiro atoms. The Hall–Kier alpha value is -1.66. The van der Waals surface area contributed by atoms with Crippen molar-refractivity contribution in [2.45, 2.75) is 31.3 Å². The predicted molar refractivity (Wildman–Crippen MR) is 84.8 cm³/mol. The fourth-order valence-electron chi connectivity index (χ4n) is 2.80. The van der Waals surface area contributed by atoms with E-state index in [9.17, 15) is 19.1 Å². The fourth-order valence-corrected chi connectivity index (χ4v) is 3.01. The highest BCUT2D eigenvalue weighted by atomic mass is 35.5. The minimum atomic E-state index is -1.11. The van der Waals surface area contributed by atoms with Gasteiger partial charge in [0.2, 0.25) is 5.91 Å². The lowest BCUT2D eigenvalue weighted by atomic mass is 9.88. The van der Waals surface area contributed by atoms with E-state index in [1.54, 1.807) is 0 Å². The quantitative estimate of drug-likeness (QED) is 0.879. The van der Waals surface area contributed by atoms with Crippen LogP contribution in [0.4, 0.5) is 4.39 Å². The van der Waals surface area contributed by atoms with E-state index in [-0.39, 0.29) is 35.9 Å². The normalized spacial score (nSPS) is 21.1. The van der Waals surface area contributed by atoms with Crippen molar-refractivity contribution in [1.82, 2.24) is 10.2 Å². The van der Waals surface area contributed by atoms with Crippen molar-refractivity contribution in [2.75, 3.05) is 20.1 Å². The van der Waals surface area contributed by atoms with E-state index in [1.807, 2.05) is 0 Å². The van der Waals surface area contributed by atoms with Gasteiger partial charge in [-0.3, -0.25) is 9.59 Å². The van der Waals surface area contributed by atoms with E-state index < -0.39 is 17.3 Å². The monoisotopic (exact) mass is 342 g/mol. The van der Waals surface area contributed by atoms with Crippen LogP contribution in [0.25, 0.3) is 0 Å². The highest BCUT2D eigenvalue weighted by molar-refractivity contribution is 6.34. The summed E-state index contributed by atoms with van der Waals surface area (Å²) in [6.07, 6.45) is 1.59. The molecule has 5 nitrogen and oxygen atoms in total. The minimum Gasteiger partial charge on any atom is -0.388 e. The Balaban J connectivity index is 2.09. The SMILES string of the molecule is CNC(=O)CC[C@@]1(O)CCCN(C(=O)c2cccc(F)c2Cl)C1. The van der Waals surface area contributed by atoms with E-state index in [0.29, 0.717) is 19.4 Å². The molecule has 1 fully saturated rings. The third-order valence-electron chi connectivity index (χ3n) is 4.12. The molecule has 0 aromatic heterocycles. The van der Waals surface area contributed by atoms with Crippen LogP contribution in [0.15, 0.2) is 18.2 Å². The number of hydrogen-bond acceptors (Lipinski definition) is 3. The van der Waals surface area contributed by atoms with Crippen LogP contribution in [0.1, 0.15) is 36.0 Å². The van der Waals surface area contributed by atoms with Crippen LogP contribution in [0.3, 0.4) is 0 Å². The first-order valence-corrected chi connectivity index (χ1v) is 7.90. The second-order valence-corrected chi connectivity index (χ2v) is 6.21. The molecule has 1 aromatic rings. The summed E-state index contributed by atoms with van der Waals surface area (Å²) in [5.74, 6) is -1.22. The number of β-amino-alcohol motifs (C(OH)–C–C–N with tert-alkyl or cyclic N) is 1. The molecule has 2 N–H and O–H groups in total. The van der Waals surface area contributed by atoms with Crippen molar-refractivity contribution in [3.63, 3.8) is 0 Å². The van der Waals surface area contributed by atoms with Crippen LogP contribution < -0.4 is 5.32 Å². The Labute approximate surface area is 139 Å². The molecule has 0 aliphatic carbocycles. The number of piperidine rings is 1. The largest absolute Gasteiger partial charge is 0.388 e. The maximum Gasteiger partial charge on any atom is 0.255 e. The van der Waals surface area contributed by atoms with Crippen LogP contribution in [-0.4, -0.2) is 47.6 Å². The number of nitrogens with zero attached hydrogens (tertiary/aromatic N) is 1. The molecule has 126 valence electrons. The zero-order chi connectivity index (χ0) is 17.0. The highest BCUT2D eigenvalue weighted by Gasteiger charge is 2.36. The van der Waals surface area contributed by atoms with Gasteiger partial charge in [0.1, 0.15) is 5.82 Å². The zero-order valence-corrected chi connectivity index (χ0v) is 13.7. The van der Waals surface area contributed by atoms with Crippen molar-refractivity contribution in [3.05, 3.63) is 34.6 Å². The van der Waals surface area contributed by atoms with Crippen molar-refractivity contribution < 1.29 is 19.1 Å². The Morgan fingerprint density at radius 3 is 2.91 bits per heavy atom. The number of carbonyl (C=O) groups is 2. The van der Waals surface area contributed by atoms with Crippen LogP contribution in [0, 0.1) is 5.82 Å². The predicted octanol–water partition coefficient (Wildman–Crippen LogP) is 1.97. The fraction of sp³-hybridized carbons (Fsp3) is 0.500. The maximum absolute atomic E-state index is 13.5. The maximum atomic E-state index is 13.5. The Bertz CT molecular complexity index is 611. The lowest BCUT2D eigenvalue weighted by Crippen LogP contribution is -2.50. The van der Waals surface area contributed by atoms with E-state index in [0.717, 1.165) is 0 Å². The average Bonchev–Trinajstić information content (AvgIpc) is 2.54. The van der Waals surface area contributed by atoms with Crippen LogP contribution in [0.5, 0.6) is 0 Å². The van der Waals surface area contributed by atoms with E-state index in [4.69, 9.17) is 11.6 Å². The van der Waals surface area contributed by atoms with Crippen molar-refractivity contribution in [3.8, 4) is 0 Å². The van der Waals surface area contributed by atoms with Gasteiger partial charge in [0.25, 0.3) is 5.91 Å². The van der Waals surface area contributed by atoms with Gasteiger partial charge < -0.3 is 15.3 Å². The lowest BCUT2D eigenvalue weighted by molar-refractivity contribution is -0.122. The molecule has 1 atom stereocenters. The molecule has 1 aliphatic heterocycles. The van der Waals surface area contributed by atoms with Gasteiger partial charge >= 0.3 is 0 Å². The molecule has 1 saturated heterocycles. The smallest absolute Gasteiger partial charge is 0.255 e. The molecule has 0 saturated carbocycles. The summed E-state index contributed by atoms with van der Waals surface area (Å²) in [5.41, 5.74) is -1.03. The standard InChI is InChI=1S/C16H20ClFN2O3/c1-19-13(21)6-8-16(23)7-3-9-20(10-16)15(22)11-4-2-5-12(18)14(11)17/h2,4-5,23H,3,6-10H2,1H3,(H,19,21)/t16-/m0/s1. The van der Waals surface area contributed by atoms with Crippen molar-refractivity contribution in [1.29, 1.82) is 0 Å². The van der Waals surface area contributed by atoms with E-state index in [2.05, 4.69) is 5.32 Å². The molecule has 0 unspecified atom stereocenters. The van der Waals surface area contributed by atoms with Crippen molar-refractivity contribution in [2.24, 2.45) is 0 Å². The summed E-state index contributed by atoms with van der Waals surface area (Å²) in [6, 6.07) is 4.08. The van der Waals surface area contributed by atoms with Crippen molar-refractivity contribution >= 4 is 23.4 Å². The number of likely N-dealkylation sites (tertiary alicyclic amines) is 1.